The van der Waals surface area contributed by atoms with Crippen molar-refractivity contribution in [3.63, 3.8) is 0 Å². The van der Waals surface area contributed by atoms with Gasteiger partial charge in [-0.3, -0.25) is 0 Å². The fraction of sp³-hybridized carbons (Fsp3) is 0.769. The van der Waals surface area contributed by atoms with E-state index in [9.17, 15) is 0 Å². The van der Waals surface area contributed by atoms with Gasteiger partial charge in [0.05, 0.1) is 6.33 Å². The number of nitrogens with one attached hydrogen (secondary N) is 1. The average Bonchev–Trinajstić information content (AvgIpc) is 2.68. The van der Waals surface area contributed by atoms with E-state index < -0.39 is 0 Å². The van der Waals surface area contributed by atoms with Crippen LogP contribution in [0.5, 0.6) is 0 Å². The molecule has 0 aliphatic heterocycles. The van der Waals surface area contributed by atoms with Crippen LogP contribution in [0.3, 0.4) is 0 Å². The molecule has 1 N–H and O–H groups in total. The first-order chi connectivity index (χ1) is 7.50. The van der Waals surface area contributed by atoms with Crippen LogP contribution >= 0.6 is 0 Å². The third-order valence-corrected chi connectivity index (χ3v) is 3.26. The number of aromatic nitrogens is 2. The molecule has 0 aromatic carbocycles. The number of hydrogen-bond acceptors (Lipinski definition) is 2. The highest BCUT2D eigenvalue weighted by atomic mass is 15.0. The van der Waals surface area contributed by atoms with Gasteiger partial charge in [-0.25, -0.2) is 4.98 Å². The van der Waals surface area contributed by atoms with Gasteiger partial charge in [-0.2, -0.15) is 0 Å². The molecule has 1 aromatic heterocycles. The van der Waals surface area contributed by atoms with Crippen LogP contribution in [0.2, 0.25) is 0 Å². The van der Waals surface area contributed by atoms with E-state index in [0.29, 0.717) is 11.3 Å². The van der Waals surface area contributed by atoms with Crippen molar-refractivity contribution in [2.24, 2.45) is 11.3 Å². The molecule has 0 aliphatic carbocycles. The van der Waals surface area contributed by atoms with Gasteiger partial charge in [0, 0.05) is 18.9 Å². The summed E-state index contributed by atoms with van der Waals surface area (Å²) in [5, 5.41) is 3.52. The lowest BCUT2D eigenvalue weighted by Gasteiger charge is -2.27. The van der Waals surface area contributed by atoms with E-state index in [1.165, 1.54) is 0 Å². The molecular formula is C13H25N3. The minimum Gasteiger partial charge on any atom is -0.337 e. The van der Waals surface area contributed by atoms with Crippen molar-refractivity contribution in [1.29, 1.82) is 0 Å². The molecule has 0 radical (unpaired) electrons. The van der Waals surface area contributed by atoms with Gasteiger partial charge in [0.25, 0.3) is 0 Å². The van der Waals surface area contributed by atoms with Gasteiger partial charge in [-0.15, -0.1) is 0 Å². The van der Waals surface area contributed by atoms with Crippen molar-refractivity contribution in [2.75, 3.05) is 13.1 Å². The molecule has 16 heavy (non-hydrogen) atoms. The molecule has 0 saturated heterocycles. The van der Waals surface area contributed by atoms with Crippen molar-refractivity contribution in [1.82, 2.24) is 14.9 Å². The number of hydrogen-bond donors (Lipinski definition) is 1. The Hall–Kier alpha value is -0.830. The molecular weight excluding hydrogens is 198 g/mol. The molecule has 0 saturated carbocycles. The van der Waals surface area contributed by atoms with Crippen molar-refractivity contribution in [3.05, 3.63) is 18.7 Å². The molecule has 92 valence electrons. The molecule has 0 aliphatic rings. The summed E-state index contributed by atoms with van der Waals surface area (Å²) in [5.74, 6) is 0.709. The summed E-state index contributed by atoms with van der Waals surface area (Å²) in [6.45, 7) is 12.4. The fourth-order valence-corrected chi connectivity index (χ4v) is 1.43. The lowest BCUT2D eigenvalue weighted by Crippen LogP contribution is -2.30. The molecule has 3 nitrogen and oxygen atoms in total. The highest BCUT2D eigenvalue weighted by molar-refractivity contribution is 4.74. The van der Waals surface area contributed by atoms with E-state index in [1.54, 1.807) is 0 Å². The van der Waals surface area contributed by atoms with Crippen LogP contribution in [0.15, 0.2) is 18.7 Å². The van der Waals surface area contributed by atoms with Crippen LogP contribution in [0.1, 0.15) is 34.1 Å². The third-order valence-electron chi connectivity index (χ3n) is 3.26. The maximum absolute atomic E-state index is 4.02. The first-order valence-corrected chi connectivity index (χ1v) is 6.16. The third kappa shape index (κ3) is 4.79. The Bertz CT molecular complexity index is 272. The van der Waals surface area contributed by atoms with Crippen LogP contribution in [-0.4, -0.2) is 22.6 Å². The summed E-state index contributed by atoms with van der Waals surface area (Å²) >= 11 is 0. The Morgan fingerprint density at radius 3 is 2.69 bits per heavy atom. The molecule has 1 atom stereocenters. The number of nitrogens with zero attached hydrogens (tertiary/aromatic N) is 2. The summed E-state index contributed by atoms with van der Waals surface area (Å²) in [5.41, 5.74) is 0.400. The van der Waals surface area contributed by atoms with E-state index in [-0.39, 0.29) is 0 Å². The number of rotatable bonds is 6. The molecule has 1 unspecified atom stereocenters. The number of aryl methyl sites for hydroxylation is 1. The van der Waals surface area contributed by atoms with Crippen molar-refractivity contribution in [2.45, 2.75) is 40.7 Å². The second-order valence-electron chi connectivity index (χ2n) is 5.63. The van der Waals surface area contributed by atoms with Gasteiger partial charge in [-0.05, 0) is 30.8 Å². The first-order valence-electron chi connectivity index (χ1n) is 6.16. The van der Waals surface area contributed by atoms with Crippen LogP contribution in [0.4, 0.5) is 0 Å². The lowest BCUT2D eigenvalue weighted by molar-refractivity contribution is 0.252. The van der Waals surface area contributed by atoms with Crippen LogP contribution < -0.4 is 5.32 Å². The topological polar surface area (TPSA) is 29.9 Å². The van der Waals surface area contributed by atoms with E-state index in [4.69, 9.17) is 0 Å². The van der Waals surface area contributed by atoms with Crippen molar-refractivity contribution >= 4 is 0 Å². The Balaban J connectivity index is 2.04. The fourth-order valence-electron chi connectivity index (χ4n) is 1.43. The minimum absolute atomic E-state index is 0.400. The van der Waals surface area contributed by atoms with Gasteiger partial charge in [0.15, 0.2) is 0 Å². The zero-order chi connectivity index (χ0) is 12.0. The molecule has 0 spiro atoms. The molecule has 1 rings (SSSR count). The molecule has 0 fully saturated rings. The zero-order valence-corrected chi connectivity index (χ0v) is 11.0. The van der Waals surface area contributed by atoms with E-state index in [0.717, 1.165) is 26.1 Å². The molecule has 3 heteroatoms. The highest BCUT2D eigenvalue weighted by Crippen LogP contribution is 2.24. The summed E-state index contributed by atoms with van der Waals surface area (Å²) in [6, 6.07) is 0. The van der Waals surface area contributed by atoms with Crippen LogP contribution in [0.25, 0.3) is 0 Å². The van der Waals surface area contributed by atoms with Gasteiger partial charge >= 0.3 is 0 Å². The Labute approximate surface area is 99.3 Å². The standard InChI is InChI=1S/C13H25N3/c1-12(13(2,3)4)10-14-6-5-8-16-9-7-15-11-16/h7,9,11-12,14H,5-6,8,10H2,1-4H3. The summed E-state index contributed by atoms with van der Waals surface area (Å²) in [7, 11) is 0. The smallest absolute Gasteiger partial charge is 0.0945 e. The highest BCUT2D eigenvalue weighted by Gasteiger charge is 2.18. The van der Waals surface area contributed by atoms with Crippen LogP contribution in [0, 0.1) is 11.3 Å². The van der Waals surface area contributed by atoms with Gasteiger partial charge < -0.3 is 9.88 Å². The SMILES string of the molecule is CC(CNCCCn1ccnc1)C(C)(C)C. The predicted octanol–water partition coefficient (Wildman–Crippen LogP) is 2.55. The van der Waals surface area contributed by atoms with E-state index in [2.05, 4.69) is 42.6 Å². The lowest BCUT2D eigenvalue weighted by atomic mass is 9.82. The monoisotopic (exact) mass is 223 g/mol. The zero-order valence-electron chi connectivity index (χ0n) is 11.0. The Kier molecular flexibility index (Phi) is 5.00. The Morgan fingerprint density at radius 1 is 1.38 bits per heavy atom. The minimum atomic E-state index is 0.400. The molecule has 0 bridgehead atoms. The Morgan fingerprint density at radius 2 is 2.12 bits per heavy atom. The first kappa shape index (κ1) is 13.2. The van der Waals surface area contributed by atoms with Gasteiger partial charge in [0.2, 0.25) is 0 Å². The summed E-state index contributed by atoms with van der Waals surface area (Å²) < 4.78 is 2.12. The van der Waals surface area contributed by atoms with Gasteiger partial charge in [-0.1, -0.05) is 27.7 Å². The van der Waals surface area contributed by atoms with E-state index >= 15 is 0 Å². The molecule has 0 amide bonds. The summed E-state index contributed by atoms with van der Waals surface area (Å²) in [4.78, 5) is 4.02. The van der Waals surface area contributed by atoms with Crippen molar-refractivity contribution < 1.29 is 0 Å². The second-order valence-corrected chi connectivity index (χ2v) is 5.63. The average molecular weight is 223 g/mol. The molecule has 1 aromatic rings. The van der Waals surface area contributed by atoms with Crippen molar-refractivity contribution in [3.8, 4) is 0 Å². The van der Waals surface area contributed by atoms with Gasteiger partial charge in [0.1, 0.15) is 0 Å². The predicted molar refractivity (Wildman–Crippen MR) is 68.3 cm³/mol. The maximum Gasteiger partial charge on any atom is 0.0945 e. The second kappa shape index (κ2) is 6.04. The van der Waals surface area contributed by atoms with Crippen LogP contribution in [-0.2, 0) is 6.54 Å². The van der Waals surface area contributed by atoms with E-state index in [1.807, 2.05) is 18.7 Å². The quantitative estimate of drug-likeness (QED) is 0.751. The summed E-state index contributed by atoms with van der Waals surface area (Å²) in [6.07, 6.45) is 6.87. The molecule has 1 heterocycles. The number of imidazole rings is 1. The normalized spacial score (nSPS) is 14.0. The largest absolute Gasteiger partial charge is 0.337 e. The maximum atomic E-state index is 4.02.